The van der Waals surface area contributed by atoms with E-state index in [1.807, 2.05) is 31.1 Å². The lowest BCUT2D eigenvalue weighted by atomic mass is 9.65. The lowest BCUT2D eigenvalue weighted by Gasteiger charge is -2.39. The highest BCUT2D eigenvalue weighted by atomic mass is 16.5. The molecule has 2 aromatic heterocycles. The fraction of sp³-hybridized carbons (Fsp3) is 0.511. The van der Waals surface area contributed by atoms with E-state index < -0.39 is 5.92 Å². The molecule has 8 heteroatoms. The number of fused-ring (bicyclic) bond motifs is 3. The molecule has 9 rings (SSSR count). The van der Waals surface area contributed by atoms with E-state index in [1.54, 1.807) is 5.56 Å². The van der Waals surface area contributed by atoms with Crippen LogP contribution < -0.4 is 0 Å². The second-order valence-electron chi connectivity index (χ2n) is 17.4. The minimum absolute atomic E-state index is 0.0362. The Kier molecular flexibility index (Phi) is 9.72. The summed E-state index contributed by atoms with van der Waals surface area (Å²) in [5, 5.41) is 0. The largest absolute Gasteiger partial charge is 0.469 e. The molecule has 0 unspecified atom stereocenters. The van der Waals surface area contributed by atoms with Crippen molar-refractivity contribution in [2.45, 2.75) is 128 Å². The van der Waals surface area contributed by atoms with Crippen molar-refractivity contribution in [2.75, 3.05) is 13.7 Å². The van der Waals surface area contributed by atoms with Gasteiger partial charge in [0.25, 0.3) is 0 Å². The smallest absolute Gasteiger partial charge is 0.306 e. The molecule has 55 heavy (non-hydrogen) atoms. The van der Waals surface area contributed by atoms with Crippen LogP contribution in [0.5, 0.6) is 0 Å². The van der Waals surface area contributed by atoms with Crippen molar-refractivity contribution in [1.82, 2.24) is 19.9 Å². The Balaban J connectivity index is 0.970. The highest BCUT2D eigenvalue weighted by Gasteiger charge is 2.42. The van der Waals surface area contributed by atoms with Gasteiger partial charge < -0.3 is 14.6 Å². The first-order valence-electron chi connectivity index (χ1n) is 21.1. The van der Waals surface area contributed by atoms with Crippen LogP contribution in [0.4, 0.5) is 0 Å². The number of carbonyl (C=O) groups excluding carboxylic acids is 2. The van der Waals surface area contributed by atoms with Crippen molar-refractivity contribution < 1.29 is 14.3 Å². The fourth-order valence-electron chi connectivity index (χ4n) is 10.9. The quantitative estimate of drug-likeness (QED) is 0.172. The average Bonchev–Trinajstić information content (AvgIpc) is 4.06. The van der Waals surface area contributed by atoms with E-state index in [-0.39, 0.29) is 35.7 Å². The number of benzene rings is 2. The number of nitrogens with one attached hydrogen (secondary N) is 1. The number of ether oxygens (including phenoxy) is 1. The molecule has 0 bridgehead atoms. The molecule has 2 saturated carbocycles. The van der Waals surface area contributed by atoms with Crippen molar-refractivity contribution >= 4 is 34.2 Å². The molecule has 4 aromatic rings. The molecule has 2 aliphatic heterocycles. The van der Waals surface area contributed by atoms with E-state index in [9.17, 15) is 9.59 Å². The van der Waals surface area contributed by atoms with Crippen LogP contribution in [0.3, 0.4) is 0 Å². The number of aliphatic imine (C=N–C) groups is 1. The second-order valence-corrected chi connectivity index (χ2v) is 17.4. The third-order valence-corrected chi connectivity index (χ3v) is 13.9. The Bertz CT molecular complexity index is 2170. The third kappa shape index (κ3) is 6.63. The number of H-pyrrole nitrogens is 1. The number of nitrogens with zero attached hydrogens (tertiary/aromatic N) is 4. The second kappa shape index (κ2) is 14.8. The van der Waals surface area contributed by atoms with Crippen molar-refractivity contribution in [1.29, 1.82) is 0 Å². The predicted molar refractivity (Wildman–Crippen MR) is 219 cm³/mol. The van der Waals surface area contributed by atoms with Gasteiger partial charge in [0, 0.05) is 42.6 Å². The maximum absolute atomic E-state index is 13.7. The minimum atomic E-state index is -0.392. The SMILES string of the molecule is COC(=O)C[C@H](C(=O)N1CCC[C@H]1C1=NC=C(c2ccc(-c3ccc(-c4ccc5nc(C6CCCC6)[nH]c5c4)c4c3CCCC43CCCC3)nc2)C1)C(C)C. The first kappa shape index (κ1) is 36.1. The summed E-state index contributed by atoms with van der Waals surface area (Å²) >= 11 is 0. The number of imidazole rings is 1. The summed E-state index contributed by atoms with van der Waals surface area (Å²) in [4.78, 5) is 46.6. The summed E-state index contributed by atoms with van der Waals surface area (Å²) in [6.07, 6.45) is 20.4. The zero-order valence-electron chi connectivity index (χ0n) is 32.8. The summed E-state index contributed by atoms with van der Waals surface area (Å²) in [7, 11) is 1.38. The van der Waals surface area contributed by atoms with E-state index in [0.29, 0.717) is 18.9 Å². The first-order chi connectivity index (χ1) is 26.8. The number of hydrogen-bond acceptors (Lipinski definition) is 6. The molecule has 8 nitrogen and oxygen atoms in total. The maximum atomic E-state index is 13.7. The summed E-state index contributed by atoms with van der Waals surface area (Å²) in [5.41, 5.74) is 13.8. The van der Waals surface area contributed by atoms with Gasteiger partial charge in [0.05, 0.1) is 42.2 Å². The highest BCUT2D eigenvalue weighted by molar-refractivity contribution is 6.03. The van der Waals surface area contributed by atoms with Crippen LogP contribution >= 0.6 is 0 Å². The summed E-state index contributed by atoms with van der Waals surface area (Å²) in [6.45, 7) is 4.70. The number of rotatable bonds is 9. The van der Waals surface area contributed by atoms with E-state index in [4.69, 9.17) is 19.7 Å². The molecule has 1 saturated heterocycles. The molecule has 3 fully saturated rings. The molecule has 3 aliphatic carbocycles. The van der Waals surface area contributed by atoms with E-state index in [2.05, 4.69) is 47.4 Å². The van der Waals surface area contributed by atoms with Crippen LogP contribution in [0.2, 0.25) is 0 Å². The molecule has 2 atom stereocenters. The first-order valence-corrected chi connectivity index (χ1v) is 21.1. The Hall–Kier alpha value is -4.59. The normalized spacial score (nSPS) is 21.4. The van der Waals surface area contributed by atoms with Crippen LogP contribution in [0.15, 0.2) is 59.9 Å². The number of likely N-dealkylation sites (tertiary alicyclic amines) is 1. The molecule has 1 spiro atoms. The molecule has 2 aromatic carbocycles. The van der Waals surface area contributed by atoms with Crippen LogP contribution in [-0.4, -0.2) is 57.1 Å². The monoisotopic (exact) mass is 737 g/mol. The molecular weight excluding hydrogens is 683 g/mol. The topological polar surface area (TPSA) is 101 Å². The lowest BCUT2D eigenvalue weighted by Crippen LogP contribution is -2.45. The average molecular weight is 738 g/mol. The van der Waals surface area contributed by atoms with Gasteiger partial charge in [-0.15, -0.1) is 0 Å². The van der Waals surface area contributed by atoms with Gasteiger partial charge >= 0.3 is 5.97 Å². The fourth-order valence-corrected chi connectivity index (χ4v) is 10.9. The number of allylic oxidation sites excluding steroid dienone is 1. The number of aromatic amines is 1. The van der Waals surface area contributed by atoms with Crippen molar-refractivity contribution in [3.8, 4) is 22.4 Å². The molecule has 0 radical (unpaired) electrons. The molecule has 5 aliphatic rings. The summed E-state index contributed by atoms with van der Waals surface area (Å²) in [5.74, 6) is 1.09. The van der Waals surface area contributed by atoms with Crippen LogP contribution in [0.1, 0.15) is 132 Å². The maximum Gasteiger partial charge on any atom is 0.306 e. The summed E-state index contributed by atoms with van der Waals surface area (Å²) < 4.78 is 4.92. The summed E-state index contributed by atoms with van der Waals surface area (Å²) in [6, 6.07) is 16.0. The third-order valence-electron chi connectivity index (χ3n) is 13.9. The van der Waals surface area contributed by atoms with Gasteiger partial charge in [-0.25, -0.2) is 4.98 Å². The van der Waals surface area contributed by atoms with Crippen molar-refractivity contribution in [3.63, 3.8) is 0 Å². The number of hydrogen-bond donors (Lipinski definition) is 1. The minimum Gasteiger partial charge on any atom is -0.469 e. The molecule has 1 amide bonds. The predicted octanol–water partition coefficient (Wildman–Crippen LogP) is 10.1. The molecular formula is C47H55N5O3. The van der Waals surface area contributed by atoms with Gasteiger partial charge in [-0.1, -0.05) is 63.8 Å². The van der Waals surface area contributed by atoms with E-state index in [0.717, 1.165) is 52.8 Å². The number of amides is 1. The van der Waals surface area contributed by atoms with Crippen molar-refractivity contribution in [3.05, 3.63) is 77.4 Å². The van der Waals surface area contributed by atoms with Gasteiger partial charge in [0.1, 0.15) is 5.82 Å². The zero-order valence-corrected chi connectivity index (χ0v) is 32.8. The molecule has 286 valence electrons. The van der Waals surface area contributed by atoms with Gasteiger partial charge in [-0.3, -0.25) is 19.6 Å². The van der Waals surface area contributed by atoms with Crippen LogP contribution in [0.25, 0.3) is 39.0 Å². The van der Waals surface area contributed by atoms with E-state index in [1.165, 1.54) is 99.4 Å². The number of carbonyl (C=O) groups is 2. The highest BCUT2D eigenvalue weighted by Crippen LogP contribution is 2.54. The Morgan fingerprint density at radius 1 is 0.927 bits per heavy atom. The zero-order chi connectivity index (χ0) is 37.7. The molecule has 4 heterocycles. The Labute approximate surface area is 325 Å². The van der Waals surface area contributed by atoms with Gasteiger partial charge in [-0.2, -0.15) is 0 Å². The number of methoxy groups -OCH3 is 1. The number of esters is 1. The van der Waals surface area contributed by atoms with Crippen LogP contribution in [0, 0.1) is 11.8 Å². The standard InChI is InChI=1S/C47H55N5O3/c1-29(2)37(26-43(53)55-3)46(54)52-23-9-13-42(52)41-25-33(28-49-41)32-15-18-38(48-27-32)35-17-16-34(44-36(35)12-8-22-47(44)20-6-7-21-47)31-14-19-39-40(24-31)51-45(50-39)30-10-4-5-11-30/h14-19,24,27-30,37,42H,4-13,20-23,25-26H2,1-3H3,(H,50,51)/t37-,42-/m0/s1. The van der Waals surface area contributed by atoms with E-state index >= 15 is 0 Å². The van der Waals surface area contributed by atoms with Gasteiger partial charge in [-0.05, 0) is 121 Å². The van der Waals surface area contributed by atoms with Gasteiger partial charge in [0.15, 0.2) is 0 Å². The lowest BCUT2D eigenvalue weighted by molar-refractivity contribution is -0.148. The Morgan fingerprint density at radius 3 is 2.47 bits per heavy atom. The number of pyridine rings is 1. The van der Waals surface area contributed by atoms with Gasteiger partial charge in [0.2, 0.25) is 5.91 Å². The Morgan fingerprint density at radius 2 is 1.71 bits per heavy atom. The number of aromatic nitrogens is 3. The van der Waals surface area contributed by atoms with Crippen molar-refractivity contribution in [2.24, 2.45) is 16.8 Å². The van der Waals surface area contributed by atoms with Crippen LogP contribution in [-0.2, 0) is 26.2 Å². The molecule has 1 N–H and O–H groups in total.